The molecule has 0 aliphatic carbocycles. The van der Waals surface area contributed by atoms with Crippen molar-refractivity contribution in [2.75, 3.05) is 19.7 Å². The van der Waals surface area contributed by atoms with E-state index in [2.05, 4.69) is 15.1 Å². The Morgan fingerprint density at radius 1 is 1.26 bits per heavy atom. The molecule has 1 amide bonds. The molecule has 23 heavy (non-hydrogen) atoms. The fourth-order valence-electron chi connectivity index (χ4n) is 2.76. The maximum absolute atomic E-state index is 12.8. The van der Waals surface area contributed by atoms with Gasteiger partial charge < -0.3 is 9.64 Å². The van der Waals surface area contributed by atoms with E-state index in [0.717, 1.165) is 5.56 Å². The van der Waals surface area contributed by atoms with Gasteiger partial charge in [0.2, 0.25) is 0 Å². The van der Waals surface area contributed by atoms with Crippen LogP contribution >= 0.6 is 0 Å². The molecule has 1 fully saturated rings. The third-order valence-corrected chi connectivity index (χ3v) is 3.94. The van der Waals surface area contributed by atoms with Gasteiger partial charge in [0.25, 0.3) is 5.91 Å². The largest absolute Gasteiger partial charge is 0.370 e. The second-order valence-electron chi connectivity index (χ2n) is 5.34. The van der Waals surface area contributed by atoms with Crippen LogP contribution in [-0.2, 0) is 4.74 Å². The lowest BCUT2D eigenvalue weighted by Gasteiger charge is -2.33. The number of morpholine rings is 1. The summed E-state index contributed by atoms with van der Waals surface area (Å²) >= 11 is 0. The first-order valence-corrected chi connectivity index (χ1v) is 7.42. The van der Waals surface area contributed by atoms with Gasteiger partial charge in [0.15, 0.2) is 5.65 Å². The van der Waals surface area contributed by atoms with E-state index in [9.17, 15) is 4.79 Å². The van der Waals surface area contributed by atoms with Gasteiger partial charge in [-0.15, -0.1) is 0 Å². The Balaban J connectivity index is 1.59. The smallest absolute Gasteiger partial charge is 0.259 e. The SMILES string of the molecule is O=C(c1cnn2cccnc12)N1CCOC(c2ccncc2)C1. The number of hydrogen-bond acceptors (Lipinski definition) is 5. The van der Waals surface area contributed by atoms with Crippen LogP contribution in [-0.4, -0.2) is 50.1 Å². The van der Waals surface area contributed by atoms with E-state index < -0.39 is 0 Å². The van der Waals surface area contributed by atoms with Crippen LogP contribution in [0, 0.1) is 0 Å². The predicted molar refractivity (Wildman–Crippen MR) is 81.8 cm³/mol. The van der Waals surface area contributed by atoms with Crippen LogP contribution in [0.2, 0.25) is 0 Å². The first kappa shape index (κ1) is 13.8. The molecule has 0 aromatic carbocycles. The minimum atomic E-state index is -0.134. The highest BCUT2D eigenvalue weighted by Gasteiger charge is 2.28. The van der Waals surface area contributed by atoms with Crippen molar-refractivity contribution in [3.8, 4) is 0 Å². The number of carbonyl (C=O) groups excluding carboxylic acids is 1. The van der Waals surface area contributed by atoms with Crippen molar-refractivity contribution in [3.05, 3.63) is 60.3 Å². The molecule has 1 aliphatic heterocycles. The third kappa shape index (κ3) is 2.55. The summed E-state index contributed by atoms with van der Waals surface area (Å²) < 4.78 is 7.40. The molecule has 0 radical (unpaired) electrons. The van der Waals surface area contributed by atoms with Gasteiger partial charge >= 0.3 is 0 Å². The lowest BCUT2D eigenvalue weighted by atomic mass is 10.1. The van der Waals surface area contributed by atoms with Gasteiger partial charge in [-0.3, -0.25) is 9.78 Å². The maximum Gasteiger partial charge on any atom is 0.259 e. The summed E-state index contributed by atoms with van der Waals surface area (Å²) in [4.78, 5) is 22.9. The van der Waals surface area contributed by atoms with Crippen LogP contribution in [0.5, 0.6) is 0 Å². The molecule has 4 rings (SSSR count). The molecule has 116 valence electrons. The highest BCUT2D eigenvalue weighted by atomic mass is 16.5. The monoisotopic (exact) mass is 309 g/mol. The zero-order valence-electron chi connectivity index (χ0n) is 12.4. The fraction of sp³-hybridized carbons (Fsp3) is 0.250. The average Bonchev–Trinajstić information content (AvgIpc) is 3.06. The number of pyridine rings is 1. The van der Waals surface area contributed by atoms with Gasteiger partial charge in [-0.1, -0.05) is 0 Å². The van der Waals surface area contributed by atoms with Crippen LogP contribution in [0.25, 0.3) is 5.65 Å². The molecule has 1 aliphatic rings. The summed E-state index contributed by atoms with van der Waals surface area (Å²) in [6.07, 6.45) is 8.33. The van der Waals surface area contributed by atoms with E-state index in [1.807, 2.05) is 12.1 Å². The molecule has 3 aromatic rings. The quantitative estimate of drug-likeness (QED) is 0.714. The van der Waals surface area contributed by atoms with Gasteiger partial charge in [-0.2, -0.15) is 5.10 Å². The van der Waals surface area contributed by atoms with E-state index in [0.29, 0.717) is 30.9 Å². The molecule has 0 N–H and O–H groups in total. The van der Waals surface area contributed by atoms with Gasteiger partial charge in [0, 0.05) is 31.3 Å². The number of rotatable bonds is 2. The van der Waals surface area contributed by atoms with Crippen LogP contribution in [0.15, 0.2) is 49.2 Å². The van der Waals surface area contributed by atoms with Crippen molar-refractivity contribution in [2.45, 2.75) is 6.10 Å². The minimum absolute atomic E-state index is 0.0685. The van der Waals surface area contributed by atoms with E-state index in [1.54, 1.807) is 46.5 Å². The molecule has 0 spiro atoms. The van der Waals surface area contributed by atoms with E-state index >= 15 is 0 Å². The standard InChI is InChI=1S/C16H15N5O2/c22-16(13-10-19-21-7-1-4-18-15(13)21)20-8-9-23-14(11-20)12-2-5-17-6-3-12/h1-7,10,14H,8-9,11H2. The van der Waals surface area contributed by atoms with Gasteiger partial charge in [0.1, 0.15) is 11.7 Å². The molecule has 7 nitrogen and oxygen atoms in total. The van der Waals surface area contributed by atoms with E-state index in [-0.39, 0.29) is 12.0 Å². The van der Waals surface area contributed by atoms with Crippen LogP contribution in [0.4, 0.5) is 0 Å². The molecular weight excluding hydrogens is 294 g/mol. The summed E-state index contributed by atoms with van der Waals surface area (Å²) in [5.41, 5.74) is 2.11. The first-order chi connectivity index (χ1) is 11.3. The molecule has 1 unspecified atom stereocenters. The molecule has 0 bridgehead atoms. The van der Waals surface area contributed by atoms with E-state index in [4.69, 9.17) is 4.74 Å². The highest BCUT2D eigenvalue weighted by Crippen LogP contribution is 2.23. The van der Waals surface area contributed by atoms with Crippen LogP contribution < -0.4 is 0 Å². The molecular formula is C16H15N5O2. The van der Waals surface area contributed by atoms with Gasteiger partial charge in [-0.25, -0.2) is 9.50 Å². The van der Waals surface area contributed by atoms with Gasteiger partial charge in [0.05, 0.1) is 19.3 Å². The second kappa shape index (κ2) is 5.77. The number of amides is 1. The maximum atomic E-state index is 12.8. The summed E-state index contributed by atoms with van der Waals surface area (Å²) in [7, 11) is 0. The Bertz CT molecular complexity index is 833. The van der Waals surface area contributed by atoms with Crippen LogP contribution in [0.1, 0.15) is 22.0 Å². The number of aromatic nitrogens is 4. The number of ether oxygens (including phenoxy) is 1. The molecule has 1 saturated heterocycles. The number of nitrogens with zero attached hydrogens (tertiary/aromatic N) is 5. The van der Waals surface area contributed by atoms with Crippen LogP contribution in [0.3, 0.4) is 0 Å². The second-order valence-corrected chi connectivity index (χ2v) is 5.34. The lowest BCUT2D eigenvalue weighted by Crippen LogP contribution is -2.42. The number of hydrogen-bond donors (Lipinski definition) is 0. The highest BCUT2D eigenvalue weighted by molar-refractivity contribution is 5.99. The van der Waals surface area contributed by atoms with Crippen molar-refractivity contribution < 1.29 is 9.53 Å². The summed E-state index contributed by atoms with van der Waals surface area (Å²) in [6, 6.07) is 5.60. The number of carbonyl (C=O) groups is 1. The Morgan fingerprint density at radius 2 is 2.13 bits per heavy atom. The summed E-state index contributed by atoms with van der Waals surface area (Å²) in [6.45, 7) is 1.57. The normalized spacial score (nSPS) is 18.3. The van der Waals surface area contributed by atoms with Crippen molar-refractivity contribution in [1.82, 2.24) is 24.5 Å². The Hall–Kier alpha value is -2.80. The van der Waals surface area contributed by atoms with E-state index in [1.165, 1.54) is 0 Å². The molecule has 4 heterocycles. The molecule has 1 atom stereocenters. The Labute approximate surface area is 132 Å². The Kier molecular flexibility index (Phi) is 3.47. The third-order valence-electron chi connectivity index (χ3n) is 3.94. The fourth-order valence-corrected chi connectivity index (χ4v) is 2.76. The minimum Gasteiger partial charge on any atom is -0.370 e. The molecule has 0 saturated carbocycles. The predicted octanol–water partition coefficient (Wildman–Crippen LogP) is 1.34. The number of fused-ring (bicyclic) bond motifs is 1. The topological polar surface area (TPSA) is 72.6 Å². The Morgan fingerprint density at radius 3 is 3.00 bits per heavy atom. The molecule has 3 aromatic heterocycles. The van der Waals surface area contributed by atoms with Gasteiger partial charge in [-0.05, 0) is 23.8 Å². The first-order valence-electron chi connectivity index (χ1n) is 7.42. The van der Waals surface area contributed by atoms with Crippen molar-refractivity contribution in [1.29, 1.82) is 0 Å². The molecule has 7 heteroatoms. The van der Waals surface area contributed by atoms with Crippen molar-refractivity contribution in [3.63, 3.8) is 0 Å². The zero-order chi connectivity index (χ0) is 15.6. The zero-order valence-corrected chi connectivity index (χ0v) is 12.4. The summed E-state index contributed by atoms with van der Waals surface area (Å²) in [5, 5.41) is 4.18. The average molecular weight is 309 g/mol. The lowest BCUT2D eigenvalue weighted by molar-refractivity contribution is -0.0228. The summed E-state index contributed by atoms with van der Waals surface area (Å²) in [5.74, 6) is -0.0685. The van der Waals surface area contributed by atoms with Crippen molar-refractivity contribution >= 4 is 11.6 Å². The van der Waals surface area contributed by atoms with Crippen molar-refractivity contribution in [2.24, 2.45) is 0 Å².